The molecule has 0 bridgehead atoms. The van der Waals surface area contributed by atoms with Crippen LogP contribution in [-0.2, 0) is 4.74 Å². The molecule has 1 aromatic carbocycles. The van der Waals surface area contributed by atoms with E-state index in [1.54, 1.807) is 31.1 Å². The summed E-state index contributed by atoms with van der Waals surface area (Å²) in [6, 6.07) is 12.9. The molecule has 0 aliphatic heterocycles. The third-order valence-corrected chi connectivity index (χ3v) is 3.62. The van der Waals surface area contributed by atoms with Gasteiger partial charge in [-0.05, 0) is 24.3 Å². The van der Waals surface area contributed by atoms with Crippen LogP contribution in [0.4, 0.5) is 5.82 Å². The Hall–Kier alpha value is -1.85. The van der Waals surface area contributed by atoms with E-state index in [2.05, 4.69) is 10.3 Å². The van der Waals surface area contributed by atoms with E-state index in [0.29, 0.717) is 18.0 Å². The second kappa shape index (κ2) is 7.67. The number of rotatable bonds is 6. The summed E-state index contributed by atoms with van der Waals surface area (Å²) in [5.74, 6) is 1.21. The Labute approximate surface area is 122 Å². The zero-order valence-corrected chi connectivity index (χ0v) is 12.0. The second-order valence-corrected chi connectivity index (χ2v) is 5.14. The number of ether oxygens (including phenoxy) is 1. The number of anilines is 1. The van der Waals surface area contributed by atoms with Gasteiger partial charge in [-0.25, -0.2) is 4.98 Å². The molecule has 0 fully saturated rings. The standard InChI is InChI=1S/C15H16N2O2S/c1-19-10-11-20-13-7-3-2-6-12(13)15(18)17-14-8-4-5-9-16-14/h2-9H,10-11H2,1H3,(H,16,17,18). The smallest absolute Gasteiger partial charge is 0.257 e. The van der Waals surface area contributed by atoms with Gasteiger partial charge in [-0.2, -0.15) is 0 Å². The minimum absolute atomic E-state index is 0.149. The lowest BCUT2D eigenvalue weighted by molar-refractivity contribution is 0.102. The quantitative estimate of drug-likeness (QED) is 0.655. The fourth-order valence-corrected chi connectivity index (χ4v) is 2.60. The number of hydrogen-bond acceptors (Lipinski definition) is 4. The highest BCUT2D eigenvalue weighted by molar-refractivity contribution is 7.99. The van der Waals surface area contributed by atoms with E-state index in [4.69, 9.17) is 4.74 Å². The van der Waals surface area contributed by atoms with Crippen LogP contribution in [0.25, 0.3) is 0 Å². The highest BCUT2D eigenvalue weighted by atomic mass is 32.2. The number of hydrogen-bond donors (Lipinski definition) is 1. The molecular formula is C15H16N2O2S. The summed E-state index contributed by atoms with van der Waals surface area (Å²) in [4.78, 5) is 17.3. The monoisotopic (exact) mass is 288 g/mol. The number of aromatic nitrogens is 1. The average Bonchev–Trinajstić information content (AvgIpc) is 2.49. The van der Waals surface area contributed by atoms with Gasteiger partial charge in [-0.1, -0.05) is 18.2 Å². The minimum Gasteiger partial charge on any atom is -0.384 e. The van der Waals surface area contributed by atoms with Crippen molar-refractivity contribution in [1.82, 2.24) is 4.98 Å². The number of carbonyl (C=O) groups is 1. The van der Waals surface area contributed by atoms with Gasteiger partial charge in [0, 0.05) is 24.0 Å². The van der Waals surface area contributed by atoms with Gasteiger partial charge in [-0.3, -0.25) is 4.79 Å². The van der Waals surface area contributed by atoms with Crippen molar-refractivity contribution in [1.29, 1.82) is 0 Å². The van der Waals surface area contributed by atoms with Crippen molar-refractivity contribution in [2.75, 3.05) is 24.8 Å². The molecule has 1 N–H and O–H groups in total. The molecule has 0 spiro atoms. The van der Waals surface area contributed by atoms with Gasteiger partial charge >= 0.3 is 0 Å². The van der Waals surface area contributed by atoms with Crippen LogP contribution >= 0.6 is 11.8 Å². The number of nitrogens with zero attached hydrogens (tertiary/aromatic N) is 1. The number of benzene rings is 1. The lowest BCUT2D eigenvalue weighted by Crippen LogP contribution is -2.14. The van der Waals surface area contributed by atoms with Crippen molar-refractivity contribution in [2.45, 2.75) is 4.90 Å². The summed E-state index contributed by atoms with van der Waals surface area (Å²) in [5.41, 5.74) is 0.652. The molecule has 0 unspecified atom stereocenters. The third kappa shape index (κ3) is 4.08. The number of methoxy groups -OCH3 is 1. The van der Waals surface area contributed by atoms with Crippen LogP contribution in [0.5, 0.6) is 0 Å². The van der Waals surface area contributed by atoms with E-state index in [1.165, 1.54) is 0 Å². The molecule has 0 saturated heterocycles. The van der Waals surface area contributed by atoms with E-state index in [1.807, 2.05) is 36.4 Å². The van der Waals surface area contributed by atoms with Gasteiger partial charge in [0.2, 0.25) is 0 Å². The number of carbonyl (C=O) groups excluding carboxylic acids is 1. The Morgan fingerprint density at radius 2 is 2.05 bits per heavy atom. The van der Waals surface area contributed by atoms with E-state index in [-0.39, 0.29) is 5.91 Å². The molecule has 5 heteroatoms. The van der Waals surface area contributed by atoms with Gasteiger partial charge < -0.3 is 10.1 Å². The summed E-state index contributed by atoms with van der Waals surface area (Å²) in [5, 5.41) is 2.79. The molecule has 20 heavy (non-hydrogen) atoms. The summed E-state index contributed by atoms with van der Waals surface area (Å²) < 4.78 is 5.03. The fraction of sp³-hybridized carbons (Fsp3) is 0.200. The zero-order valence-electron chi connectivity index (χ0n) is 11.2. The van der Waals surface area contributed by atoms with Crippen LogP contribution in [0.2, 0.25) is 0 Å². The number of nitrogens with one attached hydrogen (secondary N) is 1. The van der Waals surface area contributed by atoms with Crippen LogP contribution in [-0.4, -0.2) is 30.4 Å². The first kappa shape index (κ1) is 14.6. The van der Waals surface area contributed by atoms with Gasteiger partial charge in [0.15, 0.2) is 0 Å². The van der Waals surface area contributed by atoms with Crippen molar-refractivity contribution < 1.29 is 9.53 Å². The maximum Gasteiger partial charge on any atom is 0.257 e. The van der Waals surface area contributed by atoms with E-state index in [9.17, 15) is 4.79 Å². The number of amides is 1. The molecule has 0 radical (unpaired) electrons. The highest BCUT2D eigenvalue weighted by Crippen LogP contribution is 2.23. The molecule has 2 aromatic rings. The molecule has 0 saturated carbocycles. The first-order chi connectivity index (χ1) is 9.81. The Bertz CT molecular complexity index is 561. The molecule has 104 valence electrons. The molecule has 2 rings (SSSR count). The first-order valence-corrected chi connectivity index (χ1v) is 7.23. The third-order valence-electron chi connectivity index (χ3n) is 2.58. The van der Waals surface area contributed by atoms with Crippen molar-refractivity contribution in [2.24, 2.45) is 0 Å². The van der Waals surface area contributed by atoms with Gasteiger partial charge in [0.1, 0.15) is 5.82 Å². The second-order valence-electron chi connectivity index (χ2n) is 4.01. The molecule has 1 heterocycles. The number of thioether (sulfide) groups is 1. The lowest BCUT2D eigenvalue weighted by Gasteiger charge is -2.09. The van der Waals surface area contributed by atoms with Crippen molar-refractivity contribution in [3.05, 3.63) is 54.2 Å². The van der Waals surface area contributed by atoms with Crippen LogP contribution in [0, 0.1) is 0 Å². The predicted molar refractivity (Wildman–Crippen MR) is 81.2 cm³/mol. The molecule has 0 aliphatic rings. The largest absolute Gasteiger partial charge is 0.384 e. The topological polar surface area (TPSA) is 51.2 Å². The molecule has 0 atom stereocenters. The van der Waals surface area contributed by atoms with Crippen LogP contribution in [0.3, 0.4) is 0 Å². The Kier molecular flexibility index (Phi) is 5.58. The summed E-state index contributed by atoms with van der Waals surface area (Å²) in [7, 11) is 1.67. The van der Waals surface area contributed by atoms with E-state index >= 15 is 0 Å². The Morgan fingerprint density at radius 1 is 1.25 bits per heavy atom. The van der Waals surface area contributed by atoms with Gasteiger partial charge in [0.05, 0.1) is 12.2 Å². The van der Waals surface area contributed by atoms with Crippen LogP contribution < -0.4 is 5.32 Å². The average molecular weight is 288 g/mol. The highest BCUT2D eigenvalue weighted by Gasteiger charge is 2.11. The van der Waals surface area contributed by atoms with Crippen LogP contribution in [0.15, 0.2) is 53.6 Å². The summed E-state index contributed by atoms with van der Waals surface area (Å²) in [6.45, 7) is 0.654. The Balaban J connectivity index is 2.09. The fourth-order valence-electron chi connectivity index (χ4n) is 1.64. The predicted octanol–water partition coefficient (Wildman–Crippen LogP) is 3.07. The summed E-state index contributed by atoms with van der Waals surface area (Å²) in [6.07, 6.45) is 1.65. The Morgan fingerprint density at radius 3 is 2.80 bits per heavy atom. The molecule has 0 aliphatic carbocycles. The van der Waals surface area contributed by atoms with Gasteiger partial charge in [-0.15, -0.1) is 11.8 Å². The van der Waals surface area contributed by atoms with Crippen molar-refractivity contribution >= 4 is 23.5 Å². The van der Waals surface area contributed by atoms with E-state index < -0.39 is 0 Å². The molecular weight excluding hydrogens is 272 g/mol. The SMILES string of the molecule is COCCSc1ccccc1C(=O)Nc1ccccn1. The molecule has 1 amide bonds. The lowest BCUT2D eigenvalue weighted by atomic mass is 10.2. The molecule has 1 aromatic heterocycles. The maximum absolute atomic E-state index is 12.3. The normalized spacial score (nSPS) is 10.2. The maximum atomic E-state index is 12.3. The summed E-state index contributed by atoms with van der Waals surface area (Å²) >= 11 is 1.60. The van der Waals surface area contributed by atoms with Crippen molar-refractivity contribution in [3.63, 3.8) is 0 Å². The van der Waals surface area contributed by atoms with Crippen LogP contribution in [0.1, 0.15) is 10.4 Å². The zero-order chi connectivity index (χ0) is 14.2. The first-order valence-electron chi connectivity index (χ1n) is 6.24. The number of pyridine rings is 1. The van der Waals surface area contributed by atoms with Gasteiger partial charge in [0.25, 0.3) is 5.91 Å². The minimum atomic E-state index is -0.149. The molecule has 4 nitrogen and oxygen atoms in total. The van der Waals surface area contributed by atoms with Crippen molar-refractivity contribution in [3.8, 4) is 0 Å². The van der Waals surface area contributed by atoms with E-state index in [0.717, 1.165) is 10.6 Å².